The van der Waals surface area contributed by atoms with Crippen molar-refractivity contribution in [2.75, 3.05) is 11.9 Å². The number of rotatable bonds is 6. The van der Waals surface area contributed by atoms with E-state index in [2.05, 4.69) is 17.6 Å². The fraction of sp³-hybridized carbons (Fsp3) is 0.500. The van der Waals surface area contributed by atoms with Crippen LogP contribution < -0.4 is 10.6 Å². The molecular weight excluding hydrogens is 212 g/mol. The number of benzene rings is 1. The van der Waals surface area contributed by atoms with Gasteiger partial charge in [0.25, 0.3) is 0 Å². The molecule has 17 heavy (non-hydrogen) atoms. The molecule has 1 aliphatic rings. The van der Waals surface area contributed by atoms with Crippen molar-refractivity contribution in [3.8, 4) is 0 Å². The molecule has 1 saturated carbocycles. The quantitative estimate of drug-likeness (QED) is 0.790. The highest BCUT2D eigenvalue weighted by atomic mass is 16.1. The van der Waals surface area contributed by atoms with Crippen LogP contribution in [-0.2, 0) is 4.79 Å². The average molecular weight is 232 g/mol. The Morgan fingerprint density at radius 1 is 1.35 bits per heavy atom. The summed E-state index contributed by atoms with van der Waals surface area (Å²) < 4.78 is 0. The molecule has 2 N–H and O–H groups in total. The lowest BCUT2D eigenvalue weighted by molar-refractivity contribution is -0.115. The Hall–Kier alpha value is -1.35. The Kier molecular flexibility index (Phi) is 4.15. The lowest BCUT2D eigenvalue weighted by atomic mass is 10.1. The Bertz CT molecular complexity index is 360. The lowest BCUT2D eigenvalue weighted by Gasteiger charge is -2.13. The third-order valence-electron chi connectivity index (χ3n) is 3.05. The van der Waals surface area contributed by atoms with E-state index in [1.165, 1.54) is 19.3 Å². The van der Waals surface area contributed by atoms with Gasteiger partial charge < -0.3 is 10.6 Å². The van der Waals surface area contributed by atoms with Crippen LogP contribution in [0.1, 0.15) is 26.2 Å². The molecule has 0 saturated heterocycles. The smallest absolute Gasteiger partial charge is 0.238 e. The first kappa shape index (κ1) is 12.1. The number of anilines is 1. The molecule has 1 fully saturated rings. The summed E-state index contributed by atoms with van der Waals surface area (Å²) in [6.07, 6.45) is 3.92. The normalized spacial score (nSPS) is 16.5. The molecular formula is C14H20N2O. The molecule has 0 aromatic heterocycles. The maximum absolute atomic E-state index is 11.6. The molecule has 1 atom stereocenters. The van der Waals surface area contributed by atoms with E-state index in [4.69, 9.17) is 0 Å². The Morgan fingerprint density at radius 2 is 2.06 bits per heavy atom. The van der Waals surface area contributed by atoms with Crippen molar-refractivity contribution >= 4 is 11.6 Å². The van der Waals surface area contributed by atoms with Crippen LogP contribution >= 0.6 is 0 Å². The van der Waals surface area contributed by atoms with Gasteiger partial charge in [0.05, 0.1) is 6.54 Å². The molecule has 2 rings (SSSR count). The van der Waals surface area contributed by atoms with Gasteiger partial charge in [0.15, 0.2) is 0 Å². The zero-order chi connectivity index (χ0) is 12.1. The highest BCUT2D eigenvalue weighted by Crippen LogP contribution is 2.33. The van der Waals surface area contributed by atoms with Crippen LogP contribution in [0.15, 0.2) is 30.3 Å². The van der Waals surface area contributed by atoms with Gasteiger partial charge >= 0.3 is 0 Å². The number of nitrogens with one attached hydrogen (secondary N) is 2. The third-order valence-corrected chi connectivity index (χ3v) is 3.05. The number of carbonyl (C=O) groups is 1. The monoisotopic (exact) mass is 232 g/mol. The largest absolute Gasteiger partial charge is 0.325 e. The average Bonchev–Trinajstić information content (AvgIpc) is 3.12. The zero-order valence-corrected chi connectivity index (χ0v) is 10.3. The van der Waals surface area contributed by atoms with E-state index >= 15 is 0 Å². The van der Waals surface area contributed by atoms with Gasteiger partial charge in [-0.15, -0.1) is 0 Å². The second-order valence-electron chi connectivity index (χ2n) is 4.88. The molecule has 0 heterocycles. The van der Waals surface area contributed by atoms with Gasteiger partial charge in [0.2, 0.25) is 5.91 Å². The number of para-hydroxylation sites is 1. The van der Waals surface area contributed by atoms with Gasteiger partial charge in [-0.3, -0.25) is 4.79 Å². The van der Waals surface area contributed by atoms with Gasteiger partial charge in [-0.1, -0.05) is 31.0 Å². The van der Waals surface area contributed by atoms with Crippen LogP contribution in [0.5, 0.6) is 0 Å². The molecule has 3 heteroatoms. The summed E-state index contributed by atoms with van der Waals surface area (Å²) in [5.74, 6) is 0.925. The van der Waals surface area contributed by atoms with Gasteiger partial charge in [-0.25, -0.2) is 0 Å². The Balaban J connectivity index is 1.66. The Morgan fingerprint density at radius 3 is 2.71 bits per heavy atom. The summed E-state index contributed by atoms with van der Waals surface area (Å²) in [6.45, 7) is 2.54. The highest BCUT2D eigenvalue weighted by Gasteiger charge is 2.23. The predicted molar refractivity (Wildman–Crippen MR) is 69.9 cm³/mol. The molecule has 0 radical (unpaired) electrons. The van der Waals surface area contributed by atoms with Crippen LogP contribution in [0.2, 0.25) is 0 Å². The molecule has 3 nitrogen and oxygen atoms in total. The first-order chi connectivity index (χ1) is 8.24. The summed E-state index contributed by atoms with van der Waals surface area (Å²) in [6, 6.07) is 9.99. The highest BCUT2D eigenvalue weighted by molar-refractivity contribution is 5.92. The summed E-state index contributed by atoms with van der Waals surface area (Å²) in [5.41, 5.74) is 0.856. The van der Waals surface area contributed by atoms with Crippen LogP contribution in [-0.4, -0.2) is 18.5 Å². The fourth-order valence-corrected chi connectivity index (χ4v) is 1.93. The molecule has 1 amide bonds. The summed E-state index contributed by atoms with van der Waals surface area (Å²) in [7, 11) is 0. The minimum absolute atomic E-state index is 0.0267. The second-order valence-corrected chi connectivity index (χ2v) is 4.88. The molecule has 1 aromatic carbocycles. The zero-order valence-electron chi connectivity index (χ0n) is 10.3. The molecule has 0 aliphatic heterocycles. The van der Waals surface area contributed by atoms with Crippen molar-refractivity contribution in [1.29, 1.82) is 0 Å². The van der Waals surface area contributed by atoms with Crippen molar-refractivity contribution < 1.29 is 4.79 Å². The van der Waals surface area contributed by atoms with Crippen LogP contribution in [0.25, 0.3) is 0 Å². The number of carbonyl (C=O) groups excluding carboxylic acids is 1. The van der Waals surface area contributed by atoms with Crippen molar-refractivity contribution in [1.82, 2.24) is 5.32 Å². The van der Waals surface area contributed by atoms with E-state index in [9.17, 15) is 4.79 Å². The first-order valence-electron chi connectivity index (χ1n) is 6.32. The van der Waals surface area contributed by atoms with Crippen molar-refractivity contribution in [3.05, 3.63) is 30.3 Å². The number of hydrogen-bond acceptors (Lipinski definition) is 2. The van der Waals surface area contributed by atoms with E-state index in [1.807, 2.05) is 30.3 Å². The standard InChI is InChI=1S/C14H20N2O/c1-11(9-12-7-8-12)15-10-14(17)16-13-5-3-2-4-6-13/h2-6,11-12,15H,7-10H2,1H3,(H,16,17). The van der Waals surface area contributed by atoms with Gasteiger partial charge in [0, 0.05) is 11.7 Å². The van der Waals surface area contributed by atoms with E-state index in [1.54, 1.807) is 0 Å². The van der Waals surface area contributed by atoms with Crippen molar-refractivity contribution in [2.45, 2.75) is 32.2 Å². The maximum atomic E-state index is 11.6. The lowest BCUT2D eigenvalue weighted by Crippen LogP contribution is -2.34. The second kappa shape index (κ2) is 5.82. The predicted octanol–water partition coefficient (Wildman–Crippen LogP) is 2.40. The van der Waals surface area contributed by atoms with Gasteiger partial charge in [0.1, 0.15) is 0 Å². The van der Waals surface area contributed by atoms with Gasteiger partial charge in [-0.2, -0.15) is 0 Å². The van der Waals surface area contributed by atoms with E-state index in [0.717, 1.165) is 11.6 Å². The molecule has 0 spiro atoms. The maximum Gasteiger partial charge on any atom is 0.238 e. The molecule has 92 valence electrons. The minimum atomic E-state index is 0.0267. The summed E-state index contributed by atoms with van der Waals surface area (Å²) in [4.78, 5) is 11.6. The van der Waals surface area contributed by atoms with Crippen LogP contribution in [0.3, 0.4) is 0 Å². The molecule has 1 unspecified atom stereocenters. The Labute approximate surface area is 103 Å². The summed E-state index contributed by atoms with van der Waals surface area (Å²) in [5, 5.41) is 6.13. The molecule has 0 bridgehead atoms. The van der Waals surface area contributed by atoms with Crippen molar-refractivity contribution in [3.63, 3.8) is 0 Å². The number of hydrogen-bond donors (Lipinski definition) is 2. The third kappa shape index (κ3) is 4.57. The van der Waals surface area contributed by atoms with E-state index < -0.39 is 0 Å². The number of amides is 1. The molecule has 1 aromatic rings. The van der Waals surface area contributed by atoms with Crippen LogP contribution in [0, 0.1) is 5.92 Å². The van der Waals surface area contributed by atoms with E-state index in [-0.39, 0.29) is 5.91 Å². The topological polar surface area (TPSA) is 41.1 Å². The fourth-order valence-electron chi connectivity index (χ4n) is 1.93. The minimum Gasteiger partial charge on any atom is -0.325 e. The van der Waals surface area contributed by atoms with Crippen LogP contribution in [0.4, 0.5) is 5.69 Å². The van der Waals surface area contributed by atoms with Gasteiger partial charge in [-0.05, 0) is 31.4 Å². The molecule has 1 aliphatic carbocycles. The SMILES string of the molecule is CC(CC1CC1)NCC(=O)Nc1ccccc1. The first-order valence-corrected chi connectivity index (χ1v) is 6.32. The summed E-state index contributed by atoms with van der Waals surface area (Å²) >= 11 is 0. The van der Waals surface area contributed by atoms with E-state index in [0.29, 0.717) is 12.6 Å². The van der Waals surface area contributed by atoms with Crippen molar-refractivity contribution in [2.24, 2.45) is 5.92 Å².